The number of carbonyl (C=O) groups excluding carboxylic acids is 1. The smallest absolute Gasteiger partial charge is 0.305 e. The van der Waals surface area contributed by atoms with Crippen LogP contribution in [-0.2, 0) is 14.3 Å². The minimum absolute atomic E-state index is 0.120. The van der Waals surface area contributed by atoms with Crippen LogP contribution in [0.25, 0.3) is 10.8 Å². The molecule has 2 N–H and O–H groups in total. The number of benzene rings is 2. The number of rotatable bonds is 8. The summed E-state index contributed by atoms with van der Waals surface area (Å²) in [5.74, 6) is -0.873. The molecule has 1 unspecified atom stereocenters. The number of aliphatic carboxylic acids is 1. The second-order valence-electron chi connectivity index (χ2n) is 6.75. The Hall–Kier alpha value is -2.60. The molecule has 0 saturated carbocycles. The van der Waals surface area contributed by atoms with Crippen LogP contribution < -0.4 is 10.1 Å². The summed E-state index contributed by atoms with van der Waals surface area (Å²) in [5, 5.41) is 13.9. The normalized spacial score (nSPS) is 14.5. The molecule has 0 aliphatic rings. The first-order valence-electron chi connectivity index (χ1n) is 8.38. The van der Waals surface area contributed by atoms with Gasteiger partial charge in [0.05, 0.1) is 31.6 Å². The van der Waals surface area contributed by atoms with Gasteiger partial charge in [-0.2, -0.15) is 0 Å². The van der Waals surface area contributed by atoms with Gasteiger partial charge in [0.1, 0.15) is 5.75 Å². The van der Waals surface area contributed by atoms with E-state index < -0.39 is 17.4 Å². The molecule has 6 nitrogen and oxygen atoms in total. The molecule has 0 radical (unpaired) electrons. The number of nitrogens with one attached hydrogen (secondary N) is 1. The van der Waals surface area contributed by atoms with E-state index >= 15 is 0 Å². The van der Waals surface area contributed by atoms with Crippen LogP contribution in [0, 0.1) is 0 Å². The van der Waals surface area contributed by atoms with Gasteiger partial charge in [0.2, 0.25) is 5.91 Å². The van der Waals surface area contributed by atoms with E-state index in [4.69, 9.17) is 14.6 Å². The van der Waals surface area contributed by atoms with Gasteiger partial charge in [-0.1, -0.05) is 24.3 Å². The van der Waals surface area contributed by atoms with E-state index in [1.54, 1.807) is 21.0 Å². The topological polar surface area (TPSA) is 84.9 Å². The molecule has 0 aliphatic heterocycles. The standard InChI is InChI=1S/C20H25NO5/c1-13(19(24)21-20(2,12-25-3)11-18(22)23)14-5-6-16-10-17(26-4)8-7-15(16)9-14/h5-10,13H,11-12H2,1-4H3,(H,21,24)(H,22,23)/t13-,20?/m0/s1. The monoisotopic (exact) mass is 359 g/mol. The number of fused-ring (bicyclic) bond motifs is 1. The molecule has 2 aromatic carbocycles. The Morgan fingerprint density at radius 3 is 2.42 bits per heavy atom. The summed E-state index contributed by atoms with van der Waals surface area (Å²) in [4.78, 5) is 23.8. The largest absolute Gasteiger partial charge is 0.497 e. The van der Waals surface area contributed by atoms with Crippen molar-refractivity contribution in [2.45, 2.75) is 31.7 Å². The first-order valence-corrected chi connectivity index (χ1v) is 8.38. The lowest BCUT2D eigenvalue weighted by Crippen LogP contribution is -2.51. The maximum atomic E-state index is 12.7. The zero-order valence-electron chi connectivity index (χ0n) is 15.5. The maximum absolute atomic E-state index is 12.7. The average Bonchev–Trinajstić information content (AvgIpc) is 2.59. The quantitative estimate of drug-likeness (QED) is 0.757. The molecule has 2 atom stereocenters. The van der Waals surface area contributed by atoms with Crippen LogP contribution in [0.2, 0.25) is 0 Å². The minimum Gasteiger partial charge on any atom is -0.497 e. The van der Waals surface area contributed by atoms with Crippen LogP contribution in [0.15, 0.2) is 36.4 Å². The summed E-state index contributed by atoms with van der Waals surface area (Å²) in [6, 6.07) is 11.6. The molecule has 0 aromatic heterocycles. The number of hydrogen-bond donors (Lipinski definition) is 2. The number of carboxylic acid groups (broad SMARTS) is 1. The minimum atomic E-state index is -0.989. The lowest BCUT2D eigenvalue weighted by Gasteiger charge is -2.30. The predicted octanol–water partition coefficient (Wildman–Crippen LogP) is 2.95. The summed E-state index contributed by atoms with van der Waals surface area (Å²) >= 11 is 0. The summed E-state index contributed by atoms with van der Waals surface area (Å²) < 4.78 is 10.3. The Bertz CT molecular complexity index is 804. The third kappa shape index (κ3) is 4.73. The fourth-order valence-electron chi connectivity index (χ4n) is 2.98. The van der Waals surface area contributed by atoms with Crippen LogP contribution in [-0.4, -0.2) is 43.3 Å². The Kier molecular flexibility index (Phi) is 6.21. The maximum Gasteiger partial charge on any atom is 0.305 e. The summed E-state index contributed by atoms with van der Waals surface area (Å²) in [5.41, 5.74) is -0.105. The Morgan fingerprint density at radius 1 is 1.15 bits per heavy atom. The van der Waals surface area contributed by atoms with Gasteiger partial charge in [-0.25, -0.2) is 0 Å². The zero-order chi connectivity index (χ0) is 19.3. The summed E-state index contributed by atoms with van der Waals surface area (Å²) in [6.45, 7) is 3.59. The van der Waals surface area contributed by atoms with Gasteiger partial charge in [-0.15, -0.1) is 0 Å². The number of hydrogen-bond acceptors (Lipinski definition) is 4. The number of ether oxygens (including phenoxy) is 2. The Balaban J connectivity index is 2.21. The third-order valence-electron chi connectivity index (χ3n) is 4.39. The van der Waals surface area contributed by atoms with Gasteiger partial charge in [-0.3, -0.25) is 9.59 Å². The van der Waals surface area contributed by atoms with Crippen LogP contribution in [0.3, 0.4) is 0 Å². The van der Waals surface area contributed by atoms with Crippen LogP contribution >= 0.6 is 0 Å². The highest BCUT2D eigenvalue weighted by molar-refractivity contribution is 5.89. The first-order chi connectivity index (χ1) is 12.3. The molecule has 0 spiro atoms. The molecule has 26 heavy (non-hydrogen) atoms. The van der Waals surface area contributed by atoms with E-state index in [0.29, 0.717) is 0 Å². The van der Waals surface area contributed by atoms with Crippen molar-refractivity contribution >= 4 is 22.6 Å². The van der Waals surface area contributed by atoms with Crippen molar-refractivity contribution in [2.24, 2.45) is 0 Å². The van der Waals surface area contributed by atoms with Crippen molar-refractivity contribution in [2.75, 3.05) is 20.8 Å². The van der Waals surface area contributed by atoms with Crippen LogP contribution in [0.4, 0.5) is 0 Å². The van der Waals surface area contributed by atoms with E-state index in [0.717, 1.165) is 22.1 Å². The molecular formula is C20H25NO5. The molecule has 2 rings (SSSR count). The van der Waals surface area contributed by atoms with Crippen molar-refractivity contribution < 1.29 is 24.2 Å². The Labute approximate surface area is 153 Å². The molecule has 140 valence electrons. The number of carbonyl (C=O) groups is 2. The average molecular weight is 359 g/mol. The van der Waals surface area contributed by atoms with Crippen LogP contribution in [0.5, 0.6) is 5.75 Å². The van der Waals surface area contributed by atoms with Gasteiger partial charge in [0.15, 0.2) is 0 Å². The van der Waals surface area contributed by atoms with E-state index in [-0.39, 0.29) is 18.9 Å². The van der Waals surface area contributed by atoms with Gasteiger partial charge in [0.25, 0.3) is 0 Å². The van der Waals surface area contributed by atoms with Gasteiger partial charge in [-0.05, 0) is 42.3 Å². The molecular weight excluding hydrogens is 334 g/mol. The van der Waals surface area contributed by atoms with Crippen LogP contribution in [0.1, 0.15) is 31.7 Å². The van der Waals surface area contributed by atoms with E-state index in [1.807, 2.05) is 36.4 Å². The fraction of sp³-hybridized carbons (Fsp3) is 0.400. The molecule has 0 aliphatic carbocycles. The highest BCUT2D eigenvalue weighted by Crippen LogP contribution is 2.26. The number of amides is 1. The Morgan fingerprint density at radius 2 is 1.81 bits per heavy atom. The van der Waals surface area contributed by atoms with Gasteiger partial charge < -0.3 is 19.9 Å². The van der Waals surface area contributed by atoms with Crippen molar-refractivity contribution in [3.8, 4) is 5.75 Å². The lowest BCUT2D eigenvalue weighted by atomic mass is 9.93. The van der Waals surface area contributed by atoms with Crippen molar-refractivity contribution in [1.82, 2.24) is 5.32 Å². The second kappa shape index (κ2) is 8.19. The summed E-state index contributed by atoms with van der Waals surface area (Å²) in [6.07, 6.45) is -0.211. The highest BCUT2D eigenvalue weighted by Gasteiger charge is 2.31. The number of carboxylic acids is 1. The predicted molar refractivity (Wildman–Crippen MR) is 99.6 cm³/mol. The molecule has 0 saturated heterocycles. The van der Waals surface area contributed by atoms with E-state index in [1.165, 1.54) is 7.11 Å². The highest BCUT2D eigenvalue weighted by atomic mass is 16.5. The van der Waals surface area contributed by atoms with Crippen molar-refractivity contribution in [3.05, 3.63) is 42.0 Å². The van der Waals surface area contributed by atoms with Gasteiger partial charge >= 0.3 is 5.97 Å². The van der Waals surface area contributed by atoms with E-state index in [9.17, 15) is 9.59 Å². The lowest BCUT2D eigenvalue weighted by molar-refractivity contribution is -0.139. The van der Waals surface area contributed by atoms with Crippen molar-refractivity contribution in [1.29, 1.82) is 0 Å². The number of methoxy groups -OCH3 is 2. The van der Waals surface area contributed by atoms with E-state index in [2.05, 4.69) is 5.32 Å². The molecule has 1 amide bonds. The first kappa shape index (κ1) is 19.7. The SMILES string of the molecule is COCC(C)(CC(=O)O)NC(=O)[C@@H](C)c1ccc2cc(OC)ccc2c1. The summed E-state index contributed by atoms with van der Waals surface area (Å²) in [7, 11) is 3.10. The van der Waals surface area contributed by atoms with Gasteiger partial charge in [0, 0.05) is 7.11 Å². The zero-order valence-corrected chi connectivity index (χ0v) is 15.5. The molecule has 0 bridgehead atoms. The molecule has 6 heteroatoms. The second-order valence-corrected chi connectivity index (χ2v) is 6.75. The molecule has 2 aromatic rings. The molecule has 0 fully saturated rings. The fourth-order valence-corrected chi connectivity index (χ4v) is 2.98. The van der Waals surface area contributed by atoms with Crippen molar-refractivity contribution in [3.63, 3.8) is 0 Å². The third-order valence-corrected chi connectivity index (χ3v) is 4.39. The molecule has 0 heterocycles.